The molecule has 1 saturated heterocycles. The van der Waals surface area contributed by atoms with Gasteiger partial charge in [-0.3, -0.25) is 14.4 Å². The number of carboxylic acids is 1. The molecule has 0 aromatic rings. The van der Waals surface area contributed by atoms with E-state index in [1.54, 1.807) is 6.08 Å². The fourth-order valence-corrected chi connectivity index (χ4v) is 1.50. The Hall–Kier alpha value is -1.42. The molecule has 0 radical (unpaired) electrons. The number of nitrogens with one attached hydrogen (secondary N) is 2. The van der Waals surface area contributed by atoms with E-state index in [1.807, 2.05) is 6.08 Å². The third-order valence-electron chi connectivity index (χ3n) is 2.18. The van der Waals surface area contributed by atoms with Crippen molar-refractivity contribution in [1.29, 1.82) is 0 Å². The summed E-state index contributed by atoms with van der Waals surface area (Å²) in [5, 5.41) is 15.0. The van der Waals surface area contributed by atoms with Crippen molar-refractivity contribution in [3.63, 3.8) is 0 Å². The average Bonchev–Trinajstić information content (AvgIpc) is 2.60. The maximum absolute atomic E-state index is 10.6. The van der Waals surface area contributed by atoms with Gasteiger partial charge in [0.2, 0.25) is 0 Å². The Morgan fingerprint density at radius 3 is 2.47 bits per heavy atom. The molecule has 1 atom stereocenters. The summed E-state index contributed by atoms with van der Waals surface area (Å²) >= 11 is 0. The van der Waals surface area contributed by atoms with Crippen LogP contribution in [0.15, 0.2) is 23.4 Å². The highest BCUT2D eigenvalue weighted by atomic mass is 32.3. The molecule has 1 aliphatic carbocycles. The average molecular weight is 264 g/mol. The molecule has 2 rings (SSSR count). The molecule has 17 heavy (non-hydrogen) atoms. The van der Waals surface area contributed by atoms with E-state index < -0.39 is 16.4 Å². The normalized spacial score (nSPS) is 22.4. The summed E-state index contributed by atoms with van der Waals surface area (Å²) < 4.78 is 31.6. The van der Waals surface area contributed by atoms with Gasteiger partial charge in [-0.05, 0) is 12.2 Å². The Balaban J connectivity index is 0.000000249. The number of allylic oxidation sites excluding steroid dienone is 2. The lowest BCUT2D eigenvalue weighted by Gasteiger charge is -2.15. The van der Waals surface area contributed by atoms with E-state index in [4.69, 9.17) is 22.6 Å². The van der Waals surface area contributed by atoms with Crippen molar-refractivity contribution in [3.8, 4) is 0 Å². The minimum Gasteiger partial charge on any atom is -0.478 e. The molecule has 0 bridgehead atoms. The first kappa shape index (κ1) is 13.6. The van der Waals surface area contributed by atoms with E-state index in [9.17, 15) is 4.79 Å². The van der Waals surface area contributed by atoms with Gasteiger partial charge in [-0.15, -0.1) is 0 Å². The molecule has 1 unspecified atom stereocenters. The van der Waals surface area contributed by atoms with Crippen molar-refractivity contribution in [2.75, 3.05) is 6.67 Å². The first-order valence-electron chi connectivity index (χ1n) is 4.58. The smallest absolute Gasteiger partial charge is 0.394 e. The zero-order chi connectivity index (χ0) is 13.1. The summed E-state index contributed by atoms with van der Waals surface area (Å²) in [6, 6.07) is 0.182. The van der Waals surface area contributed by atoms with Crippen LogP contribution in [-0.4, -0.2) is 41.3 Å². The second kappa shape index (κ2) is 5.27. The number of aliphatic carboxylic acids is 1. The minimum absolute atomic E-state index is 0.182. The fraction of sp³-hybridized carbons (Fsp3) is 0.375. The predicted molar refractivity (Wildman–Crippen MR) is 57.5 cm³/mol. The third kappa shape index (κ3) is 4.95. The summed E-state index contributed by atoms with van der Waals surface area (Å²) in [4.78, 5) is 10.6. The number of hydrogen-bond acceptors (Lipinski definition) is 5. The van der Waals surface area contributed by atoms with Crippen molar-refractivity contribution in [1.82, 2.24) is 10.6 Å². The molecule has 0 aromatic carbocycles. The molecule has 96 valence electrons. The maximum Gasteiger partial charge on any atom is 0.394 e. The second-order valence-corrected chi connectivity index (χ2v) is 4.28. The van der Waals surface area contributed by atoms with Crippen LogP contribution in [0.3, 0.4) is 0 Å². The van der Waals surface area contributed by atoms with Crippen molar-refractivity contribution in [3.05, 3.63) is 23.4 Å². The van der Waals surface area contributed by atoms with E-state index >= 15 is 0 Å². The van der Waals surface area contributed by atoms with Gasteiger partial charge in [-0.2, -0.15) is 8.42 Å². The molecule has 9 heteroatoms. The molecular formula is C8H12N2O6S. The minimum atomic E-state index is -4.67. The molecule has 0 spiro atoms. The summed E-state index contributed by atoms with van der Waals surface area (Å²) in [6.07, 6.45) is 4.07. The number of rotatable bonds is 1. The van der Waals surface area contributed by atoms with E-state index in [0.717, 1.165) is 12.4 Å². The Morgan fingerprint density at radius 2 is 1.94 bits per heavy atom. The number of fused-ring (bicyclic) bond motifs is 1. The van der Waals surface area contributed by atoms with Crippen LogP contribution in [0, 0.1) is 0 Å². The largest absolute Gasteiger partial charge is 0.478 e. The summed E-state index contributed by atoms with van der Waals surface area (Å²) in [7, 11) is -4.67. The van der Waals surface area contributed by atoms with Crippen LogP contribution in [0.25, 0.3) is 0 Å². The van der Waals surface area contributed by atoms with Crippen molar-refractivity contribution >= 4 is 16.4 Å². The molecule has 0 amide bonds. The van der Waals surface area contributed by atoms with Crippen LogP contribution in [0.4, 0.5) is 0 Å². The molecular weight excluding hydrogens is 252 g/mol. The molecule has 0 saturated carbocycles. The monoisotopic (exact) mass is 264 g/mol. The van der Waals surface area contributed by atoms with Crippen LogP contribution >= 0.6 is 0 Å². The summed E-state index contributed by atoms with van der Waals surface area (Å²) in [6.45, 7) is 0.733. The lowest BCUT2D eigenvalue weighted by atomic mass is 9.99. The Labute approximate surface area is 97.6 Å². The van der Waals surface area contributed by atoms with Gasteiger partial charge in [-0.1, -0.05) is 0 Å². The highest BCUT2D eigenvalue weighted by Crippen LogP contribution is 2.19. The Morgan fingerprint density at radius 1 is 1.35 bits per heavy atom. The van der Waals surface area contributed by atoms with Gasteiger partial charge >= 0.3 is 16.4 Å². The molecule has 2 aliphatic rings. The standard InChI is InChI=1S/C8H10N2O2.H2O4S/c11-8(12)5-1-2-6-7(3-5)10-4-9-6;1-5(2,3)4/h1-2,7,9-10H,3-4H2,(H,11,12);(H2,1,2,3,4). The number of hydrogen-bond donors (Lipinski definition) is 5. The lowest BCUT2D eigenvalue weighted by Crippen LogP contribution is -2.26. The maximum atomic E-state index is 10.6. The van der Waals surface area contributed by atoms with Gasteiger partial charge in [0.1, 0.15) is 0 Å². The van der Waals surface area contributed by atoms with Crippen molar-refractivity contribution in [2.45, 2.75) is 12.5 Å². The predicted octanol–water partition coefficient (Wildman–Crippen LogP) is -0.849. The molecule has 1 heterocycles. The quantitative estimate of drug-likeness (QED) is 0.386. The zero-order valence-corrected chi connectivity index (χ0v) is 9.44. The molecule has 1 aliphatic heterocycles. The van der Waals surface area contributed by atoms with E-state index in [1.165, 1.54) is 0 Å². The van der Waals surface area contributed by atoms with Gasteiger partial charge in [0.25, 0.3) is 0 Å². The lowest BCUT2D eigenvalue weighted by molar-refractivity contribution is -0.132. The topological polar surface area (TPSA) is 136 Å². The molecule has 8 nitrogen and oxygen atoms in total. The van der Waals surface area contributed by atoms with Crippen molar-refractivity contribution < 1.29 is 27.4 Å². The van der Waals surface area contributed by atoms with Gasteiger partial charge in [0.15, 0.2) is 0 Å². The summed E-state index contributed by atoms with van der Waals surface area (Å²) in [5.74, 6) is -0.820. The van der Waals surface area contributed by atoms with E-state index in [-0.39, 0.29) is 6.04 Å². The van der Waals surface area contributed by atoms with Crippen LogP contribution < -0.4 is 10.6 Å². The highest BCUT2D eigenvalue weighted by molar-refractivity contribution is 7.79. The molecule has 0 aromatic heterocycles. The van der Waals surface area contributed by atoms with E-state index in [2.05, 4.69) is 10.6 Å². The van der Waals surface area contributed by atoms with Crippen LogP contribution in [0.5, 0.6) is 0 Å². The van der Waals surface area contributed by atoms with Crippen LogP contribution in [0.2, 0.25) is 0 Å². The SMILES string of the molecule is O=C(O)C1=CC=C2NCNC2C1.O=S(=O)(O)O. The van der Waals surface area contributed by atoms with E-state index in [0.29, 0.717) is 12.0 Å². The first-order chi connectivity index (χ1) is 7.77. The van der Waals surface area contributed by atoms with Gasteiger partial charge in [0.05, 0.1) is 12.7 Å². The van der Waals surface area contributed by atoms with Gasteiger partial charge < -0.3 is 10.4 Å². The molecule has 1 fully saturated rings. The third-order valence-corrected chi connectivity index (χ3v) is 2.18. The zero-order valence-electron chi connectivity index (χ0n) is 8.62. The highest BCUT2D eigenvalue weighted by Gasteiger charge is 2.25. The fourth-order valence-electron chi connectivity index (χ4n) is 1.50. The molecule has 5 N–H and O–H groups in total. The second-order valence-electron chi connectivity index (χ2n) is 3.38. The van der Waals surface area contributed by atoms with Crippen molar-refractivity contribution in [2.24, 2.45) is 0 Å². The Bertz CT molecular complexity index is 458. The van der Waals surface area contributed by atoms with Gasteiger partial charge in [-0.25, -0.2) is 4.79 Å². The number of carboxylic acid groups (broad SMARTS) is 1. The first-order valence-corrected chi connectivity index (χ1v) is 5.98. The van der Waals surface area contributed by atoms with Crippen LogP contribution in [-0.2, 0) is 15.2 Å². The number of carbonyl (C=O) groups is 1. The van der Waals surface area contributed by atoms with Crippen LogP contribution in [0.1, 0.15) is 6.42 Å². The summed E-state index contributed by atoms with van der Waals surface area (Å²) in [5.41, 5.74) is 1.57. The van der Waals surface area contributed by atoms with Gasteiger partial charge in [0, 0.05) is 17.7 Å². The Kier molecular flexibility index (Phi) is 4.23.